The van der Waals surface area contributed by atoms with Crippen molar-refractivity contribution in [3.8, 4) is 5.75 Å². The Morgan fingerprint density at radius 1 is 1.42 bits per heavy atom. The molecule has 102 valence electrons. The van der Waals surface area contributed by atoms with Crippen LogP contribution in [-0.2, 0) is 19.6 Å². The minimum Gasteiger partial charge on any atom is -0.474 e. The van der Waals surface area contributed by atoms with E-state index in [4.69, 9.17) is 4.74 Å². The van der Waals surface area contributed by atoms with Crippen LogP contribution in [0.3, 0.4) is 0 Å². The topological polar surface area (TPSA) is 98.8 Å². The van der Waals surface area contributed by atoms with Gasteiger partial charge in [-0.3, -0.25) is 9.52 Å². The van der Waals surface area contributed by atoms with E-state index in [9.17, 15) is 18.0 Å². The number of carbonyl (C=O) groups excluding carboxylic acids is 2. The maximum absolute atomic E-state index is 11.7. The SMILES string of the molecule is CCOC(=O)C(=O)c1ccc2c(c1)NS(=O)(=O)CO2. The van der Waals surface area contributed by atoms with Gasteiger partial charge in [-0.15, -0.1) is 0 Å². The third kappa shape index (κ3) is 2.84. The lowest BCUT2D eigenvalue weighted by Crippen LogP contribution is -2.26. The van der Waals surface area contributed by atoms with Gasteiger partial charge in [0, 0.05) is 5.56 Å². The first-order chi connectivity index (χ1) is 8.93. The average molecular weight is 285 g/mol. The molecule has 0 saturated heterocycles. The van der Waals surface area contributed by atoms with Crippen molar-refractivity contribution in [3.05, 3.63) is 23.8 Å². The van der Waals surface area contributed by atoms with Crippen LogP contribution in [0.25, 0.3) is 0 Å². The van der Waals surface area contributed by atoms with Crippen molar-refractivity contribution in [2.45, 2.75) is 6.92 Å². The lowest BCUT2D eigenvalue weighted by atomic mass is 10.1. The third-order valence-corrected chi connectivity index (χ3v) is 3.30. The predicted molar refractivity (Wildman–Crippen MR) is 65.4 cm³/mol. The number of carbonyl (C=O) groups is 2. The van der Waals surface area contributed by atoms with Crippen molar-refractivity contribution in [3.63, 3.8) is 0 Å². The number of nitrogens with one attached hydrogen (secondary N) is 1. The van der Waals surface area contributed by atoms with Crippen molar-refractivity contribution in [2.24, 2.45) is 0 Å². The van der Waals surface area contributed by atoms with Gasteiger partial charge in [0.15, 0.2) is 0 Å². The molecule has 1 N–H and O–H groups in total. The van der Waals surface area contributed by atoms with Gasteiger partial charge < -0.3 is 9.47 Å². The van der Waals surface area contributed by atoms with Crippen molar-refractivity contribution < 1.29 is 27.5 Å². The van der Waals surface area contributed by atoms with E-state index in [2.05, 4.69) is 9.46 Å². The number of anilines is 1. The fourth-order valence-corrected chi connectivity index (χ4v) is 2.37. The van der Waals surface area contributed by atoms with Crippen LogP contribution in [0.5, 0.6) is 5.75 Å². The Labute approximate surface area is 109 Å². The summed E-state index contributed by atoms with van der Waals surface area (Å²) in [5.74, 6) is -2.00. The van der Waals surface area contributed by atoms with E-state index >= 15 is 0 Å². The highest BCUT2D eigenvalue weighted by Gasteiger charge is 2.24. The largest absolute Gasteiger partial charge is 0.474 e. The molecule has 1 heterocycles. The zero-order valence-electron chi connectivity index (χ0n) is 10.0. The monoisotopic (exact) mass is 285 g/mol. The van der Waals surface area contributed by atoms with Crippen LogP contribution in [0.15, 0.2) is 18.2 Å². The second kappa shape index (κ2) is 4.88. The Hall–Kier alpha value is -2.09. The first kappa shape index (κ1) is 13.3. The highest BCUT2D eigenvalue weighted by molar-refractivity contribution is 7.92. The van der Waals surface area contributed by atoms with E-state index in [-0.39, 0.29) is 17.9 Å². The number of rotatable bonds is 3. The average Bonchev–Trinajstić information content (AvgIpc) is 2.36. The Morgan fingerprint density at radius 3 is 2.84 bits per heavy atom. The number of hydrogen-bond donors (Lipinski definition) is 1. The Balaban J connectivity index is 2.31. The number of benzene rings is 1. The summed E-state index contributed by atoms with van der Waals surface area (Å²) in [4.78, 5) is 23.0. The Kier molecular flexibility index (Phi) is 3.43. The minimum absolute atomic E-state index is 0.0328. The molecule has 0 aromatic heterocycles. The van der Waals surface area contributed by atoms with Crippen LogP contribution in [0.2, 0.25) is 0 Å². The summed E-state index contributed by atoms with van der Waals surface area (Å²) in [5, 5.41) is 0. The molecule has 1 aliphatic rings. The van der Waals surface area contributed by atoms with Gasteiger partial charge in [0.2, 0.25) is 5.94 Å². The number of hydrogen-bond acceptors (Lipinski definition) is 6. The molecule has 0 spiro atoms. The maximum Gasteiger partial charge on any atom is 0.379 e. The summed E-state index contributed by atoms with van der Waals surface area (Å²) < 4.78 is 34.5. The van der Waals surface area contributed by atoms with Gasteiger partial charge in [-0.2, -0.15) is 0 Å². The van der Waals surface area contributed by atoms with E-state index in [1.54, 1.807) is 6.92 Å². The molecule has 1 aromatic carbocycles. The van der Waals surface area contributed by atoms with Gasteiger partial charge >= 0.3 is 5.97 Å². The predicted octanol–water partition coefficient (Wildman–Crippen LogP) is 0.524. The normalized spacial score (nSPS) is 15.6. The first-order valence-electron chi connectivity index (χ1n) is 5.42. The summed E-state index contributed by atoms with van der Waals surface area (Å²) in [6, 6.07) is 4.03. The zero-order chi connectivity index (χ0) is 14.0. The van der Waals surface area contributed by atoms with E-state index in [0.29, 0.717) is 5.75 Å². The molecule has 1 aromatic rings. The first-order valence-corrected chi connectivity index (χ1v) is 7.07. The summed E-state index contributed by atoms with van der Waals surface area (Å²) in [6.07, 6.45) is 0. The van der Waals surface area contributed by atoms with E-state index in [1.165, 1.54) is 18.2 Å². The van der Waals surface area contributed by atoms with Crippen molar-refractivity contribution in [1.29, 1.82) is 0 Å². The van der Waals surface area contributed by atoms with Crippen LogP contribution < -0.4 is 9.46 Å². The van der Waals surface area contributed by atoms with Crippen molar-refractivity contribution >= 4 is 27.5 Å². The molecule has 2 rings (SSSR count). The molecule has 0 fully saturated rings. The number of ether oxygens (including phenoxy) is 2. The summed E-state index contributed by atoms with van der Waals surface area (Å²) >= 11 is 0. The molecular weight excluding hydrogens is 274 g/mol. The summed E-state index contributed by atoms with van der Waals surface area (Å²) in [7, 11) is -3.57. The summed E-state index contributed by atoms with van der Waals surface area (Å²) in [6.45, 7) is 1.67. The van der Waals surface area contributed by atoms with Gasteiger partial charge in [-0.05, 0) is 25.1 Å². The zero-order valence-corrected chi connectivity index (χ0v) is 10.8. The molecule has 0 bridgehead atoms. The molecular formula is C11H11NO6S. The number of sulfonamides is 1. The maximum atomic E-state index is 11.7. The molecule has 0 aliphatic carbocycles. The van der Waals surface area contributed by atoms with Crippen LogP contribution >= 0.6 is 0 Å². The minimum atomic E-state index is -3.57. The number of Topliss-reactive ketones (excluding diaryl/α,β-unsaturated/α-hetero) is 1. The fourth-order valence-electron chi connectivity index (χ4n) is 1.53. The third-order valence-electron chi connectivity index (χ3n) is 2.34. The Morgan fingerprint density at radius 2 is 2.16 bits per heavy atom. The van der Waals surface area contributed by atoms with Gasteiger partial charge in [0.25, 0.3) is 15.8 Å². The van der Waals surface area contributed by atoms with Crippen LogP contribution in [0, 0.1) is 0 Å². The lowest BCUT2D eigenvalue weighted by Gasteiger charge is -2.19. The molecule has 0 atom stereocenters. The smallest absolute Gasteiger partial charge is 0.379 e. The molecule has 19 heavy (non-hydrogen) atoms. The van der Waals surface area contributed by atoms with Gasteiger partial charge in [-0.1, -0.05) is 0 Å². The molecule has 0 radical (unpaired) electrons. The quantitative estimate of drug-likeness (QED) is 0.494. The number of esters is 1. The second-order valence-electron chi connectivity index (χ2n) is 3.74. The highest BCUT2D eigenvalue weighted by Crippen LogP contribution is 2.30. The highest BCUT2D eigenvalue weighted by atomic mass is 32.2. The molecule has 0 unspecified atom stereocenters. The molecule has 0 saturated carbocycles. The van der Waals surface area contributed by atoms with Crippen LogP contribution in [0.4, 0.5) is 5.69 Å². The number of fused-ring (bicyclic) bond motifs is 1. The van der Waals surface area contributed by atoms with Crippen LogP contribution in [0.1, 0.15) is 17.3 Å². The van der Waals surface area contributed by atoms with E-state index < -0.39 is 27.7 Å². The fraction of sp³-hybridized carbons (Fsp3) is 0.273. The van der Waals surface area contributed by atoms with E-state index in [1.807, 2.05) is 0 Å². The van der Waals surface area contributed by atoms with Crippen molar-refractivity contribution in [2.75, 3.05) is 17.3 Å². The molecule has 7 nitrogen and oxygen atoms in total. The Bertz CT molecular complexity index is 637. The molecule has 1 aliphatic heterocycles. The number of ketones is 1. The summed E-state index contributed by atoms with van der Waals surface area (Å²) in [5.41, 5.74) is 0.159. The molecule has 0 amide bonds. The molecule has 8 heteroatoms. The van der Waals surface area contributed by atoms with E-state index in [0.717, 1.165) is 0 Å². The van der Waals surface area contributed by atoms with Crippen LogP contribution in [-0.4, -0.2) is 32.7 Å². The van der Waals surface area contributed by atoms with Gasteiger partial charge in [0.1, 0.15) is 5.75 Å². The standard InChI is InChI=1S/C11H11NO6S/c1-2-17-11(14)10(13)7-3-4-9-8(5-7)12-19(15,16)6-18-9/h3-5,12H,2,6H2,1H3. The van der Waals surface area contributed by atoms with Gasteiger partial charge in [-0.25, -0.2) is 13.2 Å². The van der Waals surface area contributed by atoms with Crippen molar-refractivity contribution in [1.82, 2.24) is 0 Å². The lowest BCUT2D eigenvalue weighted by molar-refractivity contribution is -0.137. The second-order valence-corrected chi connectivity index (χ2v) is 5.41. The van der Waals surface area contributed by atoms with Gasteiger partial charge in [0.05, 0.1) is 12.3 Å².